The van der Waals surface area contributed by atoms with Gasteiger partial charge in [0.15, 0.2) is 0 Å². The highest BCUT2D eigenvalue weighted by Crippen LogP contribution is 2.37. The second kappa shape index (κ2) is 8.31. The normalized spacial score (nSPS) is 11.6. The molecule has 1 aromatic rings. The third-order valence-electron chi connectivity index (χ3n) is 3.00. The van der Waals surface area contributed by atoms with Crippen molar-refractivity contribution in [1.82, 2.24) is 5.32 Å². The molecule has 0 fully saturated rings. The van der Waals surface area contributed by atoms with Crippen molar-refractivity contribution >= 4 is 0 Å². The van der Waals surface area contributed by atoms with Crippen LogP contribution in [0.3, 0.4) is 0 Å². The lowest BCUT2D eigenvalue weighted by Crippen LogP contribution is -2.29. The predicted octanol–water partition coefficient (Wildman–Crippen LogP) is 1.33. The van der Waals surface area contributed by atoms with Crippen LogP contribution in [0.15, 0.2) is 12.1 Å². The first-order valence-corrected chi connectivity index (χ1v) is 6.38. The molecule has 5 heteroatoms. The lowest BCUT2D eigenvalue weighted by atomic mass is 10.0. The van der Waals surface area contributed by atoms with Crippen LogP contribution in [0.2, 0.25) is 0 Å². The number of terminal acetylenes is 1. The molecule has 0 aliphatic heterocycles. The van der Waals surface area contributed by atoms with E-state index >= 15 is 0 Å². The molecule has 3 N–H and O–H groups in total. The topological polar surface area (TPSA) is 65.7 Å². The maximum Gasteiger partial charge on any atom is 0.131 e. The maximum absolute atomic E-state index is 5.85. The molecule has 1 atom stereocenters. The number of methoxy groups -OCH3 is 3. The Labute approximate surface area is 120 Å². The molecule has 5 nitrogen and oxygen atoms in total. The molecule has 0 aliphatic carbocycles. The smallest absolute Gasteiger partial charge is 0.131 e. The van der Waals surface area contributed by atoms with Gasteiger partial charge in [-0.15, -0.1) is 12.3 Å². The summed E-state index contributed by atoms with van der Waals surface area (Å²) >= 11 is 0. The molecule has 0 aromatic heterocycles. The first-order valence-electron chi connectivity index (χ1n) is 6.38. The molecule has 1 unspecified atom stereocenters. The molecule has 0 amide bonds. The van der Waals surface area contributed by atoms with Gasteiger partial charge < -0.3 is 25.3 Å². The van der Waals surface area contributed by atoms with Crippen molar-refractivity contribution < 1.29 is 14.2 Å². The molecule has 1 aromatic carbocycles. The molecule has 0 bridgehead atoms. The first kappa shape index (κ1) is 16.2. The van der Waals surface area contributed by atoms with Gasteiger partial charge in [0.25, 0.3) is 0 Å². The summed E-state index contributed by atoms with van der Waals surface area (Å²) in [5.41, 5.74) is 6.72. The van der Waals surface area contributed by atoms with Gasteiger partial charge in [0.05, 0.1) is 32.9 Å². The fourth-order valence-electron chi connectivity index (χ4n) is 2.00. The Bertz CT molecular complexity index is 444. The monoisotopic (exact) mass is 278 g/mol. The van der Waals surface area contributed by atoms with E-state index in [0.717, 1.165) is 5.56 Å². The summed E-state index contributed by atoms with van der Waals surface area (Å²) in [5.74, 6) is 4.60. The van der Waals surface area contributed by atoms with Gasteiger partial charge in [0.2, 0.25) is 0 Å². The molecule has 0 saturated heterocycles. The summed E-state index contributed by atoms with van der Waals surface area (Å²) in [6, 6.07) is 3.52. The number of hydrogen-bond donors (Lipinski definition) is 2. The van der Waals surface area contributed by atoms with Crippen LogP contribution in [0.25, 0.3) is 0 Å². The molecule has 0 saturated carbocycles. The maximum atomic E-state index is 5.85. The Hall–Kier alpha value is -1.90. The number of benzene rings is 1. The summed E-state index contributed by atoms with van der Waals surface area (Å²) in [6.45, 7) is 1.08. The highest BCUT2D eigenvalue weighted by atomic mass is 16.5. The van der Waals surface area contributed by atoms with Crippen molar-refractivity contribution in [3.05, 3.63) is 17.7 Å². The average molecular weight is 278 g/mol. The molecule has 0 heterocycles. The number of hydrogen-bond acceptors (Lipinski definition) is 5. The van der Waals surface area contributed by atoms with Gasteiger partial charge in [0, 0.05) is 31.6 Å². The van der Waals surface area contributed by atoms with Crippen LogP contribution in [0.4, 0.5) is 0 Å². The Morgan fingerprint density at radius 3 is 2.20 bits per heavy atom. The van der Waals surface area contributed by atoms with Crippen molar-refractivity contribution in [3.8, 4) is 29.6 Å². The Morgan fingerprint density at radius 1 is 1.20 bits per heavy atom. The molecule has 1 rings (SSSR count). The summed E-state index contributed by atoms with van der Waals surface area (Å²) in [7, 11) is 4.80. The van der Waals surface area contributed by atoms with Crippen LogP contribution in [0, 0.1) is 12.3 Å². The summed E-state index contributed by atoms with van der Waals surface area (Å²) < 4.78 is 16.1. The molecular formula is C15H22N2O3. The van der Waals surface area contributed by atoms with Gasteiger partial charge in [-0.1, -0.05) is 0 Å². The van der Waals surface area contributed by atoms with E-state index in [2.05, 4.69) is 11.2 Å². The van der Waals surface area contributed by atoms with E-state index in [-0.39, 0.29) is 6.04 Å². The van der Waals surface area contributed by atoms with Crippen LogP contribution in [0.1, 0.15) is 18.0 Å². The molecule has 0 aliphatic rings. The highest BCUT2D eigenvalue weighted by Gasteiger charge is 2.21. The molecular weight excluding hydrogens is 256 g/mol. The van der Waals surface area contributed by atoms with E-state index in [0.29, 0.717) is 36.8 Å². The summed E-state index contributed by atoms with van der Waals surface area (Å²) in [4.78, 5) is 0. The van der Waals surface area contributed by atoms with Crippen LogP contribution < -0.4 is 25.3 Å². The summed E-state index contributed by atoms with van der Waals surface area (Å²) in [5, 5.41) is 3.31. The third kappa shape index (κ3) is 3.80. The Balaban J connectivity index is 3.14. The minimum Gasteiger partial charge on any atom is -0.496 e. The van der Waals surface area contributed by atoms with Gasteiger partial charge in [-0.2, -0.15) is 0 Å². The quantitative estimate of drug-likeness (QED) is 0.554. The predicted molar refractivity (Wildman–Crippen MR) is 79.3 cm³/mol. The van der Waals surface area contributed by atoms with Crippen molar-refractivity contribution in [2.24, 2.45) is 5.73 Å². The van der Waals surface area contributed by atoms with Crippen LogP contribution in [-0.2, 0) is 0 Å². The van der Waals surface area contributed by atoms with E-state index < -0.39 is 0 Å². The number of nitrogens with one attached hydrogen (secondary N) is 1. The highest BCUT2D eigenvalue weighted by molar-refractivity contribution is 5.52. The van der Waals surface area contributed by atoms with Crippen LogP contribution in [-0.4, -0.2) is 34.4 Å². The molecule has 0 spiro atoms. The van der Waals surface area contributed by atoms with Crippen molar-refractivity contribution in [3.63, 3.8) is 0 Å². The zero-order valence-corrected chi connectivity index (χ0v) is 12.2. The summed E-state index contributed by atoms with van der Waals surface area (Å²) in [6.07, 6.45) is 5.89. The van der Waals surface area contributed by atoms with Gasteiger partial charge >= 0.3 is 0 Å². The minimum atomic E-state index is -0.0980. The zero-order valence-electron chi connectivity index (χ0n) is 12.2. The van der Waals surface area contributed by atoms with Crippen molar-refractivity contribution in [2.45, 2.75) is 12.5 Å². The largest absolute Gasteiger partial charge is 0.496 e. The Kier molecular flexibility index (Phi) is 6.71. The molecule has 110 valence electrons. The Morgan fingerprint density at radius 2 is 1.80 bits per heavy atom. The van der Waals surface area contributed by atoms with Crippen LogP contribution in [0.5, 0.6) is 17.2 Å². The SMILES string of the molecule is C#CCCNC(CN)c1c(OC)cc(OC)cc1OC. The van der Waals surface area contributed by atoms with E-state index in [1.54, 1.807) is 21.3 Å². The van der Waals surface area contributed by atoms with E-state index in [1.807, 2.05) is 12.1 Å². The van der Waals surface area contributed by atoms with Gasteiger partial charge in [0.1, 0.15) is 17.2 Å². The number of rotatable bonds is 8. The third-order valence-corrected chi connectivity index (χ3v) is 3.00. The fourth-order valence-corrected chi connectivity index (χ4v) is 2.00. The molecule has 0 radical (unpaired) electrons. The molecule has 20 heavy (non-hydrogen) atoms. The first-order chi connectivity index (χ1) is 9.71. The number of nitrogens with two attached hydrogens (primary N) is 1. The minimum absolute atomic E-state index is 0.0980. The van der Waals surface area contributed by atoms with E-state index in [4.69, 9.17) is 26.4 Å². The average Bonchev–Trinajstić information content (AvgIpc) is 2.50. The standard InChI is InChI=1S/C15H22N2O3/c1-5-6-7-17-12(10-16)15-13(19-3)8-11(18-2)9-14(15)20-4/h1,8-9,12,17H,6-7,10,16H2,2-4H3. The van der Waals surface area contributed by atoms with Gasteiger partial charge in [-0.3, -0.25) is 0 Å². The van der Waals surface area contributed by atoms with Gasteiger partial charge in [-0.25, -0.2) is 0 Å². The zero-order chi connectivity index (χ0) is 15.0. The fraction of sp³-hybridized carbons (Fsp3) is 0.467. The van der Waals surface area contributed by atoms with Crippen LogP contribution >= 0.6 is 0 Å². The number of ether oxygens (including phenoxy) is 3. The lowest BCUT2D eigenvalue weighted by Gasteiger charge is -2.22. The second-order valence-electron chi connectivity index (χ2n) is 4.14. The van der Waals surface area contributed by atoms with Gasteiger partial charge in [-0.05, 0) is 0 Å². The van der Waals surface area contributed by atoms with E-state index in [9.17, 15) is 0 Å². The second-order valence-corrected chi connectivity index (χ2v) is 4.14. The van der Waals surface area contributed by atoms with E-state index in [1.165, 1.54) is 0 Å². The van der Waals surface area contributed by atoms with Crippen molar-refractivity contribution in [1.29, 1.82) is 0 Å². The van der Waals surface area contributed by atoms with Crippen molar-refractivity contribution in [2.75, 3.05) is 34.4 Å². The lowest BCUT2D eigenvalue weighted by molar-refractivity contribution is 0.358.